The number of anilines is 1. The predicted octanol–water partition coefficient (Wildman–Crippen LogP) is 4.10. The van der Waals surface area contributed by atoms with Gasteiger partial charge in [0, 0.05) is 24.1 Å². The van der Waals surface area contributed by atoms with E-state index < -0.39 is 17.9 Å². The maximum atomic E-state index is 13.8. The quantitative estimate of drug-likeness (QED) is 0.520. The van der Waals surface area contributed by atoms with Crippen molar-refractivity contribution in [1.82, 2.24) is 15.3 Å². The fourth-order valence-electron chi connectivity index (χ4n) is 4.40. The summed E-state index contributed by atoms with van der Waals surface area (Å²) in [7, 11) is 1.29. The van der Waals surface area contributed by atoms with Gasteiger partial charge >= 0.3 is 5.97 Å². The molecule has 0 saturated heterocycles. The molecule has 1 aromatic heterocycles. The summed E-state index contributed by atoms with van der Waals surface area (Å²) in [5, 5.41) is 3.16. The summed E-state index contributed by atoms with van der Waals surface area (Å²) in [4.78, 5) is 49.5. The maximum absolute atomic E-state index is 13.8. The van der Waals surface area contributed by atoms with Crippen molar-refractivity contribution >= 4 is 23.5 Å². The van der Waals surface area contributed by atoms with Crippen LogP contribution in [0.25, 0.3) is 0 Å². The smallest absolute Gasteiger partial charge is 0.337 e. The van der Waals surface area contributed by atoms with Crippen molar-refractivity contribution in [2.24, 2.45) is 0 Å². The largest absolute Gasteiger partial charge is 0.465 e. The maximum Gasteiger partial charge on any atom is 0.337 e. The molecule has 1 N–H and O–H groups in total. The van der Waals surface area contributed by atoms with Gasteiger partial charge in [0.25, 0.3) is 5.91 Å². The van der Waals surface area contributed by atoms with Gasteiger partial charge < -0.3 is 10.1 Å². The molecule has 2 amide bonds. The summed E-state index contributed by atoms with van der Waals surface area (Å²) in [6, 6.07) is 14.7. The van der Waals surface area contributed by atoms with Gasteiger partial charge in [-0.3, -0.25) is 19.5 Å². The van der Waals surface area contributed by atoms with Gasteiger partial charge in [-0.15, -0.1) is 0 Å². The highest BCUT2D eigenvalue weighted by atomic mass is 16.5. The van der Waals surface area contributed by atoms with E-state index in [1.54, 1.807) is 24.3 Å². The first-order valence-corrected chi connectivity index (χ1v) is 11.7. The van der Waals surface area contributed by atoms with Crippen molar-refractivity contribution in [1.29, 1.82) is 0 Å². The second-order valence-corrected chi connectivity index (χ2v) is 8.46. The first kappa shape index (κ1) is 24.1. The molecule has 1 heterocycles. The molecule has 8 heteroatoms. The molecule has 8 nitrogen and oxygen atoms in total. The van der Waals surface area contributed by atoms with Crippen LogP contribution in [0, 0.1) is 0 Å². The van der Waals surface area contributed by atoms with Crippen molar-refractivity contribution in [3.8, 4) is 0 Å². The van der Waals surface area contributed by atoms with E-state index in [4.69, 9.17) is 4.74 Å². The van der Waals surface area contributed by atoms with E-state index in [2.05, 4.69) is 15.3 Å². The number of amides is 2. The Labute approximate surface area is 204 Å². The Morgan fingerprint density at radius 1 is 1.00 bits per heavy atom. The molecule has 0 unspecified atom stereocenters. The van der Waals surface area contributed by atoms with E-state index in [-0.39, 0.29) is 23.2 Å². The molecule has 0 bridgehead atoms. The molecule has 180 valence electrons. The fourth-order valence-corrected chi connectivity index (χ4v) is 4.40. The number of hydrogen-bond donors (Lipinski definition) is 1. The van der Waals surface area contributed by atoms with E-state index in [1.807, 2.05) is 30.3 Å². The number of aromatic nitrogens is 2. The molecule has 3 aromatic rings. The molecule has 1 aliphatic carbocycles. The van der Waals surface area contributed by atoms with Crippen LogP contribution in [0.5, 0.6) is 0 Å². The number of nitrogens with zero attached hydrogens (tertiary/aromatic N) is 3. The van der Waals surface area contributed by atoms with E-state index in [9.17, 15) is 14.4 Å². The molecule has 1 atom stereocenters. The van der Waals surface area contributed by atoms with E-state index >= 15 is 0 Å². The lowest BCUT2D eigenvalue weighted by molar-refractivity contribution is -0.123. The van der Waals surface area contributed by atoms with E-state index in [1.165, 1.54) is 30.6 Å². The zero-order valence-electron chi connectivity index (χ0n) is 19.6. The van der Waals surface area contributed by atoms with Crippen molar-refractivity contribution in [2.45, 2.75) is 44.2 Å². The second-order valence-electron chi connectivity index (χ2n) is 8.46. The average Bonchev–Trinajstić information content (AvgIpc) is 2.92. The number of methoxy groups -OCH3 is 1. The van der Waals surface area contributed by atoms with Crippen LogP contribution >= 0.6 is 0 Å². The monoisotopic (exact) mass is 472 g/mol. The summed E-state index contributed by atoms with van der Waals surface area (Å²) in [6.45, 7) is 0. The van der Waals surface area contributed by atoms with Crippen LogP contribution in [-0.2, 0) is 9.53 Å². The van der Waals surface area contributed by atoms with Crippen LogP contribution in [-0.4, -0.2) is 40.9 Å². The Morgan fingerprint density at radius 3 is 2.46 bits per heavy atom. The SMILES string of the molecule is COC(=O)c1cccc(N(C(=O)c2cnccn2)[C@H](C(=O)NC2CCCCC2)c2ccccc2)c1. The molecular formula is C27H28N4O4. The molecule has 2 aromatic carbocycles. The molecule has 1 aliphatic rings. The Morgan fingerprint density at radius 2 is 1.77 bits per heavy atom. The summed E-state index contributed by atoms with van der Waals surface area (Å²) in [6.07, 6.45) is 9.35. The number of nitrogens with one attached hydrogen (secondary N) is 1. The highest BCUT2D eigenvalue weighted by Crippen LogP contribution is 2.31. The van der Waals surface area contributed by atoms with Gasteiger partial charge in [0.1, 0.15) is 11.7 Å². The number of ether oxygens (including phenoxy) is 1. The molecule has 35 heavy (non-hydrogen) atoms. The minimum Gasteiger partial charge on any atom is -0.465 e. The normalized spacial score (nSPS) is 14.5. The Kier molecular flexibility index (Phi) is 7.82. The zero-order chi connectivity index (χ0) is 24.6. The molecule has 0 spiro atoms. The fraction of sp³-hybridized carbons (Fsp3) is 0.296. The molecule has 1 fully saturated rings. The second kappa shape index (κ2) is 11.4. The summed E-state index contributed by atoms with van der Waals surface area (Å²) in [5.41, 5.74) is 1.36. The minimum atomic E-state index is -0.986. The van der Waals surface area contributed by atoms with Crippen molar-refractivity contribution in [3.05, 3.63) is 90.0 Å². The molecule has 1 saturated carbocycles. The summed E-state index contributed by atoms with van der Waals surface area (Å²) in [5.74, 6) is -1.33. The van der Waals surface area contributed by atoms with Crippen LogP contribution in [0.1, 0.15) is 64.6 Å². The third-order valence-electron chi connectivity index (χ3n) is 6.12. The lowest BCUT2D eigenvalue weighted by Gasteiger charge is -2.33. The third-order valence-corrected chi connectivity index (χ3v) is 6.12. The van der Waals surface area contributed by atoms with Crippen LogP contribution in [0.15, 0.2) is 73.2 Å². The average molecular weight is 473 g/mol. The Bertz CT molecular complexity index is 1160. The predicted molar refractivity (Wildman–Crippen MR) is 131 cm³/mol. The van der Waals surface area contributed by atoms with Crippen LogP contribution in [0.2, 0.25) is 0 Å². The highest BCUT2D eigenvalue weighted by Gasteiger charge is 2.35. The number of hydrogen-bond acceptors (Lipinski definition) is 6. The van der Waals surface area contributed by atoms with Crippen molar-refractivity contribution in [2.75, 3.05) is 12.0 Å². The van der Waals surface area contributed by atoms with Gasteiger partial charge in [-0.1, -0.05) is 55.7 Å². The molecule has 0 radical (unpaired) electrons. The number of carbonyl (C=O) groups excluding carboxylic acids is 3. The molecule has 0 aliphatic heterocycles. The Balaban J connectivity index is 1.82. The number of benzene rings is 2. The highest BCUT2D eigenvalue weighted by molar-refractivity contribution is 6.09. The van der Waals surface area contributed by atoms with Gasteiger partial charge in [-0.2, -0.15) is 0 Å². The first-order valence-electron chi connectivity index (χ1n) is 11.7. The minimum absolute atomic E-state index is 0.0531. The van der Waals surface area contributed by atoms with Crippen LogP contribution in [0.3, 0.4) is 0 Å². The Hall–Kier alpha value is -4.07. The summed E-state index contributed by atoms with van der Waals surface area (Å²) < 4.78 is 4.87. The number of rotatable bonds is 7. The van der Waals surface area contributed by atoms with E-state index in [0.717, 1.165) is 32.1 Å². The van der Waals surface area contributed by atoms with Gasteiger partial charge in [0.05, 0.1) is 18.9 Å². The lowest BCUT2D eigenvalue weighted by Crippen LogP contribution is -2.47. The zero-order valence-corrected chi connectivity index (χ0v) is 19.6. The number of esters is 1. The topological polar surface area (TPSA) is 101 Å². The summed E-state index contributed by atoms with van der Waals surface area (Å²) >= 11 is 0. The number of carbonyl (C=O) groups is 3. The van der Waals surface area contributed by atoms with Crippen LogP contribution < -0.4 is 10.2 Å². The van der Waals surface area contributed by atoms with Gasteiger partial charge in [-0.05, 0) is 36.6 Å². The van der Waals surface area contributed by atoms with Gasteiger partial charge in [0.15, 0.2) is 0 Å². The third kappa shape index (κ3) is 5.71. The van der Waals surface area contributed by atoms with Gasteiger partial charge in [-0.25, -0.2) is 9.78 Å². The lowest BCUT2D eigenvalue weighted by atomic mass is 9.94. The van der Waals surface area contributed by atoms with Gasteiger partial charge in [0.2, 0.25) is 5.91 Å². The first-order chi connectivity index (χ1) is 17.1. The van der Waals surface area contributed by atoms with Crippen molar-refractivity contribution < 1.29 is 19.1 Å². The molecule has 4 rings (SSSR count). The van der Waals surface area contributed by atoms with Crippen LogP contribution in [0.4, 0.5) is 5.69 Å². The van der Waals surface area contributed by atoms with E-state index in [0.29, 0.717) is 11.3 Å². The molecular weight excluding hydrogens is 444 g/mol. The van der Waals surface area contributed by atoms with Crippen molar-refractivity contribution in [3.63, 3.8) is 0 Å². The standard InChI is InChI=1S/C27H28N4O4/c1-35-27(34)20-11-8-14-22(17-20)31(26(33)23-18-28-15-16-29-23)24(19-9-4-2-5-10-19)25(32)30-21-12-6-3-7-13-21/h2,4-5,8-11,14-18,21,24H,3,6-7,12-13H2,1H3,(H,30,32)/t24-/m0/s1.